The first-order chi connectivity index (χ1) is 35.1. The molecular weight excluding hydrogens is 927 g/mol. The molecule has 2 atom stereocenters. The summed E-state index contributed by atoms with van der Waals surface area (Å²) in [7, 11) is 1.92. The number of carboxylic acid groups (broad SMARTS) is 1. The molecule has 16 heteroatoms. The Bertz CT molecular complexity index is 3230. The Morgan fingerprint density at radius 2 is 1.76 bits per heavy atom. The number of benzene rings is 3. The number of piperidine rings is 2. The van der Waals surface area contributed by atoms with Crippen LogP contribution in [0.5, 0.6) is 0 Å². The van der Waals surface area contributed by atoms with Crippen molar-refractivity contribution in [3.05, 3.63) is 141 Å². The molecule has 4 aliphatic heterocycles. The zero-order valence-electron chi connectivity index (χ0n) is 40.4. The fraction of sp³-hybridized carbons (Fsp3) is 0.375. The van der Waals surface area contributed by atoms with Crippen LogP contribution < -0.4 is 20.4 Å². The minimum absolute atomic E-state index is 0.0289. The van der Waals surface area contributed by atoms with Crippen molar-refractivity contribution in [2.24, 2.45) is 18.9 Å². The Morgan fingerprint density at radius 1 is 0.903 bits per heavy atom. The van der Waals surface area contributed by atoms with Crippen molar-refractivity contribution in [1.29, 1.82) is 0 Å². The number of aromatic nitrogens is 4. The Morgan fingerprint density at radius 3 is 2.58 bits per heavy atom. The maximum Gasteiger partial charge on any atom is 0.354 e. The number of thiazole rings is 1. The number of nitrogens with one attached hydrogen (secondary N) is 2. The molecule has 1 aliphatic carbocycles. The predicted octanol–water partition coefficient (Wildman–Crippen LogP) is 8.32. The quantitative estimate of drug-likeness (QED) is 0.0511. The van der Waals surface area contributed by atoms with E-state index in [1.807, 2.05) is 77.3 Å². The molecule has 3 N–H and O–H groups in total. The summed E-state index contributed by atoms with van der Waals surface area (Å²) in [5.74, 6) is 0.216. The third-order valence-electron chi connectivity index (χ3n) is 15.0. The molecule has 0 spiro atoms. The summed E-state index contributed by atoms with van der Waals surface area (Å²) in [4.78, 5) is 66.8. The first-order valence-corrected chi connectivity index (χ1v) is 26.0. The van der Waals surface area contributed by atoms with E-state index in [1.165, 1.54) is 17.0 Å². The molecule has 368 valence electrons. The van der Waals surface area contributed by atoms with Crippen LogP contribution in [0.3, 0.4) is 0 Å². The number of amides is 3. The highest BCUT2D eigenvalue weighted by Crippen LogP contribution is 2.35. The Kier molecular flexibility index (Phi) is 13.3. The number of likely N-dealkylation sites (tertiary alicyclic amines) is 1. The van der Waals surface area contributed by atoms with Gasteiger partial charge < -0.3 is 24.5 Å². The molecular formula is C56H57N9O6S. The van der Waals surface area contributed by atoms with E-state index in [0.29, 0.717) is 91.5 Å². The van der Waals surface area contributed by atoms with Crippen molar-refractivity contribution in [3.8, 4) is 0 Å². The molecule has 15 nitrogen and oxygen atoms in total. The fourth-order valence-corrected chi connectivity index (χ4v) is 12.0. The molecule has 7 heterocycles. The van der Waals surface area contributed by atoms with Gasteiger partial charge in [0.1, 0.15) is 5.82 Å². The minimum atomic E-state index is -1.08. The number of ether oxygens (including phenoxy) is 1. The smallest absolute Gasteiger partial charge is 0.354 e. The van der Waals surface area contributed by atoms with Gasteiger partial charge in [-0.2, -0.15) is 5.10 Å². The SMILES string of the molecule is Cn1nc(C2CCC(=O)NC2=O)c2ccc(N3CCC(CN4CCC(CC5=C=C=C(OCCCc6ccc(N7CCc8cccc(C(=O)Nc9nc%10ccccc%10s9)c8C7)nc6C(=O)O)C=C5)CC4)C3)cc21. The Labute approximate surface area is 421 Å². The van der Waals surface area contributed by atoms with Crippen LogP contribution in [0.4, 0.5) is 16.6 Å². The number of aromatic carboxylic acids is 1. The summed E-state index contributed by atoms with van der Waals surface area (Å²) in [6.07, 6.45) is 11.1. The lowest BCUT2D eigenvalue weighted by atomic mass is 9.89. The highest BCUT2D eigenvalue weighted by Gasteiger charge is 2.33. The number of rotatable bonds is 15. The van der Waals surface area contributed by atoms with Gasteiger partial charge in [-0.25, -0.2) is 14.8 Å². The highest BCUT2D eigenvalue weighted by molar-refractivity contribution is 7.22. The Balaban J connectivity index is 0.629. The zero-order chi connectivity index (χ0) is 49.3. The number of hydrogen-bond acceptors (Lipinski definition) is 12. The van der Waals surface area contributed by atoms with Crippen LogP contribution in [0.1, 0.15) is 94.1 Å². The number of aryl methyl sites for hydroxylation is 2. The summed E-state index contributed by atoms with van der Waals surface area (Å²) in [6, 6.07) is 23.7. The molecule has 3 fully saturated rings. The van der Waals surface area contributed by atoms with Gasteiger partial charge in [0.05, 0.1) is 34.0 Å². The summed E-state index contributed by atoms with van der Waals surface area (Å²) in [5.41, 5.74) is 14.7. The highest BCUT2D eigenvalue weighted by atomic mass is 32.1. The molecule has 3 aromatic carbocycles. The lowest BCUT2D eigenvalue weighted by Gasteiger charge is -2.33. The van der Waals surface area contributed by atoms with Gasteiger partial charge in [-0.15, -0.1) is 0 Å². The number of carbonyl (C=O) groups is 4. The Hall–Kier alpha value is -7.35. The van der Waals surface area contributed by atoms with Crippen molar-refractivity contribution in [3.63, 3.8) is 0 Å². The lowest BCUT2D eigenvalue weighted by molar-refractivity contribution is -0.134. The lowest BCUT2D eigenvalue weighted by Crippen LogP contribution is -2.39. The van der Waals surface area contributed by atoms with Crippen LogP contribution in [0.15, 0.2) is 108 Å². The molecule has 11 rings (SSSR count). The summed E-state index contributed by atoms with van der Waals surface area (Å²) >= 11 is 1.44. The van der Waals surface area contributed by atoms with Crippen LogP contribution in [0.25, 0.3) is 21.1 Å². The van der Waals surface area contributed by atoms with Crippen LogP contribution in [-0.2, 0) is 40.8 Å². The van der Waals surface area contributed by atoms with Crippen LogP contribution in [-0.4, -0.2) is 99.3 Å². The standard InChI is InChI=1S/C56H57N9O6S/c1-62-47-31-40(14-17-43(47)52(61-62)44-18-20-50(66)59-54(44)68)64-27-23-37(33-64)32-63-25-21-36(22-26-63)30-35-11-15-41(16-12-35)71-29-5-7-39-13-19-49(58-51(39)55(69)70)65-28-24-38-6-4-8-42(45(38)34-65)53(67)60-56-57-46-9-2-3-10-48(46)72-56/h2-4,6,8-11,13-15,17,19,31,36-37,44H,5,7,18,20-30,32-34H2,1H3,(H,69,70)(H,57,60,67)(H,59,66,68). The number of allylic oxidation sites excluding steroid dienone is 3. The number of anilines is 3. The van der Waals surface area contributed by atoms with E-state index in [9.17, 15) is 24.3 Å². The molecule has 0 radical (unpaired) electrons. The van der Waals surface area contributed by atoms with Crippen molar-refractivity contribution in [1.82, 2.24) is 30.0 Å². The van der Waals surface area contributed by atoms with Gasteiger partial charge in [-0.1, -0.05) is 47.4 Å². The van der Waals surface area contributed by atoms with Gasteiger partial charge in [-0.3, -0.25) is 29.7 Å². The number of hydrogen-bond donors (Lipinski definition) is 3. The zero-order valence-corrected chi connectivity index (χ0v) is 41.2. The largest absolute Gasteiger partial charge is 0.485 e. The first-order valence-electron chi connectivity index (χ1n) is 25.2. The van der Waals surface area contributed by atoms with Crippen molar-refractivity contribution < 1.29 is 29.0 Å². The molecule has 0 bridgehead atoms. The van der Waals surface area contributed by atoms with Gasteiger partial charge in [0.25, 0.3) is 5.91 Å². The topological polar surface area (TPSA) is 175 Å². The minimum Gasteiger partial charge on any atom is -0.485 e. The van der Waals surface area contributed by atoms with E-state index >= 15 is 0 Å². The summed E-state index contributed by atoms with van der Waals surface area (Å²) < 4.78 is 8.90. The number of imide groups is 1. The van der Waals surface area contributed by atoms with E-state index in [4.69, 9.17) is 9.84 Å². The predicted molar refractivity (Wildman–Crippen MR) is 277 cm³/mol. The van der Waals surface area contributed by atoms with E-state index in [0.717, 1.165) is 102 Å². The average Bonchev–Trinajstić information content (AvgIpc) is 4.12. The summed E-state index contributed by atoms with van der Waals surface area (Å²) in [6.45, 7) is 6.81. The average molecular weight is 984 g/mol. The molecule has 5 aliphatic rings. The van der Waals surface area contributed by atoms with Gasteiger partial charge in [0, 0.05) is 68.4 Å². The molecule has 0 saturated carbocycles. The molecule has 6 aromatic rings. The van der Waals surface area contributed by atoms with Gasteiger partial charge >= 0.3 is 5.97 Å². The second-order valence-electron chi connectivity index (χ2n) is 19.7. The van der Waals surface area contributed by atoms with Crippen molar-refractivity contribution in [2.75, 3.05) is 61.0 Å². The van der Waals surface area contributed by atoms with Gasteiger partial charge in [0.15, 0.2) is 16.6 Å². The number of carbonyl (C=O) groups excluding carboxylic acids is 3. The van der Waals surface area contributed by atoms with Crippen molar-refractivity contribution >= 4 is 72.8 Å². The second kappa shape index (κ2) is 20.4. The first kappa shape index (κ1) is 47.0. The maximum absolute atomic E-state index is 13.6. The number of fused-ring (bicyclic) bond motifs is 3. The molecule has 3 amide bonds. The van der Waals surface area contributed by atoms with Crippen LogP contribution >= 0.6 is 11.3 Å². The van der Waals surface area contributed by atoms with E-state index in [2.05, 4.69) is 66.1 Å². The van der Waals surface area contributed by atoms with Gasteiger partial charge in [0.2, 0.25) is 11.8 Å². The van der Waals surface area contributed by atoms with E-state index in [-0.39, 0.29) is 23.4 Å². The van der Waals surface area contributed by atoms with Crippen molar-refractivity contribution in [2.45, 2.75) is 70.3 Å². The molecule has 72 heavy (non-hydrogen) atoms. The third kappa shape index (κ3) is 10.1. The van der Waals surface area contributed by atoms with Crippen LogP contribution in [0.2, 0.25) is 0 Å². The molecule has 3 saturated heterocycles. The third-order valence-corrected chi connectivity index (χ3v) is 15.9. The monoisotopic (exact) mass is 983 g/mol. The van der Waals surface area contributed by atoms with E-state index < -0.39 is 11.9 Å². The molecule has 2 unspecified atom stereocenters. The normalized spacial score (nSPS) is 19.4. The number of pyridine rings is 1. The van der Waals surface area contributed by atoms with Gasteiger partial charge in [-0.05, 0) is 153 Å². The van der Waals surface area contributed by atoms with Crippen LogP contribution in [0, 0.1) is 11.8 Å². The second-order valence-corrected chi connectivity index (χ2v) is 20.8. The fourth-order valence-electron chi connectivity index (χ4n) is 11.1. The molecule has 3 aromatic heterocycles. The number of nitrogens with zero attached hydrogens (tertiary/aromatic N) is 7. The number of para-hydroxylation sites is 1. The van der Waals surface area contributed by atoms with E-state index in [1.54, 1.807) is 0 Å². The summed E-state index contributed by atoms with van der Waals surface area (Å²) in [5, 5.41) is 21.9. The maximum atomic E-state index is 13.6. The number of carboxylic acids is 1.